The highest BCUT2D eigenvalue weighted by Gasteiger charge is 2.29. The minimum Gasteiger partial charge on any atom is -0.465 e. The number of fused-ring (bicyclic) bond motifs is 1. The van der Waals surface area contributed by atoms with Crippen molar-refractivity contribution in [1.82, 2.24) is 15.1 Å². The molecule has 0 unspecified atom stereocenters. The molecule has 0 saturated carbocycles. The topological polar surface area (TPSA) is 91.0 Å². The number of amides is 2. The molecular formula is C37H66N4O4S. The fourth-order valence-corrected chi connectivity index (χ4v) is 7.45. The maximum atomic E-state index is 13.1. The highest BCUT2D eigenvalue weighted by molar-refractivity contribution is 7.16. The molecule has 2 heterocycles. The number of anilines is 1. The van der Waals surface area contributed by atoms with Crippen molar-refractivity contribution in [2.75, 3.05) is 52.7 Å². The Labute approximate surface area is 284 Å². The molecule has 0 atom stereocenters. The lowest BCUT2D eigenvalue weighted by Gasteiger charge is -2.27. The lowest BCUT2D eigenvalue weighted by Crippen LogP contribution is -2.36. The van der Waals surface area contributed by atoms with Gasteiger partial charge >= 0.3 is 5.97 Å². The van der Waals surface area contributed by atoms with Crippen LogP contribution in [0.5, 0.6) is 0 Å². The van der Waals surface area contributed by atoms with Gasteiger partial charge in [0.15, 0.2) is 0 Å². The van der Waals surface area contributed by atoms with Crippen molar-refractivity contribution >= 4 is 34.1 Å². The molecule has 264 valence electrons. The molecule has 0 bridgehead atoms. The van der Waals surface area contributed by atoms with Gasteiger partial charge in [0.1, 0.15) is 5.00 Å². The van der Waals surface area contributed by atoms with E-state index >= 15 is 0 Å². The van der Waals surface area contributed by atoms with Crippen LogP contribution in [-0.4, -0.2) is 75.0 Å². The maximum Gasteiger partial charge on any atom is 0.308 e. The van der Waals surface area contributed by atoms with Crippen molar-refractivity contribution in [3.8, 4) is 0 Å². The first-order chi connectivity index (χ1) is 22.3. The van der Waals surface area contributed by atoms with Crippen LogP contribution in [0.3, 0.4) is 0 Å². The van der Waals surface area contributed by atoms with Crippen molar-refractivity contribution in [2.45, 2.75) is 142 Å². The van der Waals surface area contributed by atoms with Gasteiger partial charge in [0.25, 0.3) is 5.91 Å². The van der Waals surface area contributed by atoms with Gasteiger partial charge in [-0.05, 0) is 58.2 Å². The van der Waals surface area contributed by atoms with Crippen molar-refractivity contribution in [3.05, 3.63) is 16.0 Å². The van der Waals surface area contributed by atoms with Crippen LogP contribution in [0.25, 0.3) is 0 Å². The average Bonchev–Trinajstić information content (AvgIpc) is 3.42. The minimum absolute atomic E-state index is 0.00931. The molecule has 0 fully saturated rings. The minimum atomic E-state index is -0.0414. The van der Waals surface area contributed by atoms with Gasteiger partial charge in [-0.15, -0.1) is 11.3 Å². The Hall–Kier alpha value is -2.13. The van der Waals surface area contributed by atoms with Crippen LogP contribution < -0.4 is 10.6 Å². The van der Waals surface area contributed by atoms with Gasteiger partial charge in [-0.25, -0.2) is 0 Å². The Kier molecular flexibility index (Phi) is 21.0. The van der Waals surface area contributed by atoms with Crippen molar-refractivity contribution in [1.29, 1.82) is 0 Å². The number of rotatable bonds is 26. The number of carbonyl (C=O) groups excluding carboxylic acids is 3. The second kappa shape index (κ2) is 24.1. The molecule has 2 N–H and O–H groups in total. The number of hydrogen-bond donors (Lipinski definition) is 2. The number of unbranched alkanes of at least 4 members (excludes halogenated alkanes) is 12. The van der Waals surface area contributed by atoms with E-state index in [1.54, 1.807) is 11.3 Å². The Bertz CT molecular complexity index is 996. The molecule has 9 heteroatoms. The zero-order valence-electron chi connectivity index (χ0n) is 30.0. The molecular weight excluding hydrogens is 596 g/mol. The van der Waals surface area contributed by atoms with Crippen molar-refractivity contribution in [2.24, 2.45) is 5.92 Å². The van der Waals surface area contributed by atoms with Crippen LogP contribution in [0.4, 0.5) is 5.00 Å². The second-order valence-corrected chi connectivity index (χ2v) is 14.5. The number of nitrogens with zero attached hydrogens (tertiary/aromatic N) is 2. The SMILES string of the molecule is CCCCCCCCC(CCCCCCCC)C(=O)OCCCCCC(=O)N1CCc2c(sc(NC)c2C(=O)NCCN(C)C)C1. The predicted octanol–water partition coefficient (Wildman–Crippen LogP) is 8.19. The monoisotopic (exact) mass is 662 g/mol. The Balaban J connectivity index is 1.72. The van der Waals surface area contributed by atoms with Crippen molar-refractivity contribution < 1.29 is 19.1 Å². The first kappa shape index (κ1) is 40.0. The largest absolute Gasteiger partial charge is 0.465 e. The summed E-state index contributed by atoms with van der Waals surface area (Å²) >= 11 is 1.58. The lowest BCUT2D eigenvalue weighted by molar-refractivity contribution is -0.149. The highest BCUT2D eigenvalue weighted by atomic mass is 32.1. The number of esters is 1. The number of likely N-dealkylation sites (N-methyl/N-ethyl adjacent to an activating group) is 1. The fourth-order valence-electron chi connectivity index (χ4n) is 6.24. The number of hydrogen-bond acceptors (Lipinski definition) is 7. The Morgan fingerprint density at radius 3 is 2.09 bits per heavy atom. The molecule has 8 nitrogen and oxygen atoms in total. The van der Waals surface area contributed by atoms with Crippen molar-refractivity contribution in [3.63, 3.8) is 0 Å². The molecule has 46 heavy (non-hydrogen) atoms. The van der Waals surface area contributed by atoms with Gasteiger partial charge in [-0.2, -0.15) is 0 Å². The zero-order chi connectivity index (χ0) is 33.6. The Morgan fingerprint density at radius 1 is 0.870 bits per heavy atom. The molecule has 0 aromatic carbocycles. The molecule has 1 aliphatic rings. The summed E-state index contributed by atoms with van der Waals surface area (Å²) in [6.07, 6.45) is 20.5. The molecule has 2 amide bonds. The van der Waals surface area contributed by atoms with Crippen LogP contribution >= 0.6 is 11.3 Å². The molecule has 1 aliphatic heterocycles. The van der Waals surface area contributed by atoms with Gasteiger partial charge in [0.2, 0.25) is 5.91 Å². The van der Waals surface area contributed by atoms with E-state index < -0.39 is 0 Å². The fraction of sp³-hybridized carbons (Fsp3) is 0.811. The van der Waals surface area contributed by atoms with E-state index in [0.29, 0.717) is 39.1 Å². The zero-order valence-corrected chi connectivity index (χ0v) is 30.8. The highest BCUT2D eigenvalue weighted by Crippen LogP contribution is 2.37. The number of ether oxygens (including phenoxy) is 1. The summed E-state index contributed by atoms with van der Waals surface area (Å²) in [6.45, 7) is 7.52. The van der Waals surface area contributed by atoms with Gasteiger partial charge < -0.3 is 25.2 Å². The Morgan fingerprint density at radius 2 is 1.48 bits per heavy atom. The lowest BCUT2D eigenvalue weighted by atomic mass is 9.94. The van der Waals surface area contributed by atoms with E-state index in [9.17, 15) is 14.4 Å². The van der Waals surface area contributed by atoms with Crippen LogP contribution in [0.1, 0.15) is 150 Å². The molecule has 0 radical (unpaired) electrons. The third-order valence-corrected chi connectivity index (χ3v) is 10.4. The second-order valence-electron chi connectivity index (χ2n) is 13.4. The first-order valence-corrected chi connectivity index (χ1v) is 19.3. The normalized spacial score (nSPS) is 12.9. The van der Waals surface area contributed by atoms with E-state index in [2.05, 4.69) is 24.5 Å². The van der Waals surface area contributed by atoms with E-state index in [1.165, 1.54) is 64.2 Å². The third kappa shape index (κ3) is 15.2. The third-order valence-electron chi connectivity index (χ3n) is 9.13. The standard InChI is InChI=1S/C37H66N4O4S/c1-6-8-10-12-14-17-21-30(22-18-15-13-11-9-7-2)37(44)45-28-20-16-19-23-33(42)41-26-24-31-32(29-41)46-36(38-3)34(31)35(43)39-25-27-40(4)5/h30,38H,6-29H2,1-5H3,(H,39,43). The van der Waals surface area contributed by atoms with Gasteiger partial charge in [-0.3, -0.25) is 14.4 Å². The first-order valence-electron chi connectivity index (χ1n) is 18.5. The van der Waals surface area contributed by atoms with Crippen LogP contribution in [0.15, 0.2) is 0 Å². The summed E-state index contributed by atoms with van der Waals surface area (Å²) in [5.74, 6) is 0.149. The van der Waals surface area contributed by atoms with E-state index in [1.807, 2.05) is 30.9 Å². The quantitative estimate of drug-likeness (QED) is 0.0768. The van der Waals surface area contributed by atoms with Crippen LogP contribution in [0, 0.1) is 5.92 Å². The van der Waals surface area contributed by atoms with Crippen LogP contribution in [0.2, 0.25) is 0 Å². The average molecular weight is 663 g/mol. The molecule has 1 aromatic rings. The molecule has 0 saturated heterocycles. The summed E-state index contributed by atoms with van der Waals surface area (Å²) in [6, 6.07) is 0. The van der Waals surface area contributed by atoms with Gasteiger partial charge in [0, 0.05) is 38.0 Å². The van der Waals surface area contributed by atoms with Gasteiger partial charge in [-0.1, -0.05) is 90.9 Å². The number of carbonyl (C=O) groups is 3. The number of nitrogens with one attached hydrogen (secondary N) is 2. The predicted molar refractivity (Wildman–Crippen MR) is 193 cm³/mol. The summed E-state index contributed by atoms with van der Waals surface area (Å²) in [5, 5.41) is 7.11. The molecule has 1 aromatic heterocycles. The summed E-state index contributed by atoms with van der Waals surface area (Å²) < 4.78 is 5.76. The maximum absolute atomic E-state index is 13.1. The van der Waals surface area contributed by atoms with Gasteiger partial charge in [0.05, 0.1) is 24.6 Å². The summed E-state index contributed by atoms with van der Waals surface area (Å²) in [4.78, 5) is 44.1. The smallest absolute Gasteiger partial charge is 0.308 e. The molecule has 0 spiro atoms. The van der Waals surface area contributed by atoms with E-state index in [4.69, 9.17) is 4.74 Å². The van der Waals surface area contributed by atoms with E-state index in [0.717, 1.165) is 72.5 Å². The summed E-state index contributed by atoms with van der Waals surface area (Å²) in [5.41, 5.74) is 1.82. The summed E-state index contributed by atoms with van der Waals surface area (Å²) in [7, 11) is 5.83. The van der Waals surface area contributed by atoms with Crippen LogP contribution in [-0.2, 0) is 27.3 Å². The molecule has 2 rings (SSSR count). The molecule has 0 aliphatic carbocycles. The van der Waals surface area contributed by atoms with E-state index in [-0.39, 0.29) is 23.7 Å². The number of thiophene rings is 1.